The fraction of sp³-hybridized carbons (Fsp3) is 0.222. The summed E-state index contributed by atoms with van der Waals surface area (Å²) >= 11 is 6.13. The highest BCUT2D eigenvalue weighted by Crippen LogP contribution is 2.40. The van der Waals surface area contributed by atoms with Crippen molar-refractivity contribution in [2.45, 2.75) is 5.92 Å². The van der Waals surface area contributed by atoms with E-state index in [1.807, 2.05) is 0 Å². The van der Waals surface area contributed by atoms with Gasteiger partial charge in [0, 0.05) is 29.4 Å². The standard InChI is InChI=1S/C27H24ClFN4O4/c1-32(2)13-24(34)33(3)21-8-6-17(12-19(21)29)30-26(15-4-9-22-23(10-15)37-14-36-22)25-18-7-5-16(28)11-20(18)31-27(25)35/h4-12,25H,13-14H2,1-3H3,(H,31,35). The van der Waals surface area contributed by atoms with Crippen molar-refractivity contribution in [3.8, 4) is 11.5 Å². The number of nitrogens with zero attached hydrogens (tertiary/aromatic N) is 3. The average molecular weight is 523 g/mol. The predicted molar refractivity (Wildman–Crippen MR) is 140 cm³/mol. The van der Waals surface area contributed by atoms with Crippen LogP contribution in [0.5, 0.6) is 11.5 Å². The van der Waals surface area contributed by atoms with E-state index in [0.717, 1.165) is 0 Å². The lowest BCUT2D eigenvalue weighted by molar-refractivity contribution is -0.119. The van der Waals surface area contributed by atoms with Gasteiger partial charge in [0.25, 0.3) is 0 Å². The molecule has 0 spiro atoms. The van der Waals surface area contributed by atoms with E-state index in [0.29, 0.717) is 39.0 Å². The SMILES string of the molecule is CN(C)CC(=O)N(C)c1ccc(N=C(c2ccc3c(c2)OCO3)C2C(=O)Nc3cc(Cl)ccc32)cc1F. The molecular formula is C27H24ClFN4O4. The molecule has 1 N–H and O–H groups in total. The smallest absolute Gasteiger partial charge is 0.240 e. The summed E-state index contributed by atoms with van der Waals surface area (Å²) in [6.07, 6.45) is 0. The Morgan fingerprint density at radius 1 is 1.08 bits per heavy atom. The van der Waals surface area contributed by atoms with E-state index in [-0.39, 0.29) is 36.5 Å². The molecule has 0 saturated carbocycles. The number of nitrogens with one attached hydrogen (secondary N) is 1. The third-order valence-corrected chi connectivity index (χ3v) is 6.39. The van der Waals surface area contributed by atoms with Gasteiger partial charge in [0.2, 0.25) is 18.6 Å². The maximum atomic E-state index is 15.2. The van der Waals surface area contributed by atoms with E-state index in [9.17, 15) is 9.59 Å². The Balaban J connectivity index is 1.58. The summed E-state index contributed by atoms with van der Waals surface area (Å²) in [6.45, 7) is 0.244. The van der Waals surface area contributed by atoms with Gasteiger partial charge in [-0.1, -0.05) is 17.7 Å². The zero-order chi connectivity index (χ0) is 26.3. The lowest BCUT2D eigenvalue weighted by Gasteiger charge is -2.20. The largest absolute Gasteiger partial charge is 0.454 e. The third kappa shape index (κ3) is 4.87. The Morgan fingerprint density at radius 3 is 2.62 bits per heavy atom. The molecule has 37 heavy (non-hydrogen) atoms. The molecule has 10 heteroatoms. The number of rotatable bonds is 6. The van der Waals surface area contributed by atoms with Gasteiger partial charge in [-0.15, -0.1) is 0 Å². The Morgan fingerprint density at radius 2 is 1.86 bits per heavy atom. The normalized spacial score (nSPS) is 16.1. The van der Waals surface area contributed by atoms with Crippen LogP contribution in [0, 0.1) is 5.82 Å². The van der Waals surface area contributed by atoms with Crippen molar-refractivity contribution in [2.24, 2.45) is 4.99 Å². The van der Waals surface area contributed by atoms with Crippen LogP contribution in [0.2, 0.25) is 5.02 Å². The van der Waals surface area contributed by atoms with E-state index in [1.54, 1.807) is 61.5 Å². The first kappa shape index (κ1) is 24.7. The number of hydrogen-bond donors (Lipinski definition) is 1. The maximum absolute atomic E-state index is 15.2. The van der Waals surface area contributed by atoms with Crippen molar-refractivity contribution in [3.05, 3.63) is 76.6 Å². The van der Waals surface area contributed by atoms with Gasteiger partial charge in [0.1, 0.15) is 11.7 Å². The number of likely N-dealkylation sites (N-methyl/N-ethyl adjacent to an activating group) is 2. The molecule has 2 heterocycles. The number of benzene rings is 3. The molecule has 8 nitrogen and oxygen atoms in total. The van der Waals surface area contributed by atoms with E-state index in [1.165, 1.54) is 24.1 Å². The average Bonchev–Trinajstić information content (AvgIpc) is 3.44. The molecule has 0 fully saturated rings. The number of amides is 2. The summed E-state index contributed by atoms with van der Waals surface area (Å²) in [5.74, 6) is -0.781. The molecule has 1 atom stereocenters. The summed E-state index contributed by atoms with van der Waals surface area (Å²) < 4.78 is 26.1. The lowest BCUT2D eigenvalue weighted by Crippen LogP contribution is -2.35. The number of fused-ring (bicyclic) bond motifs is 2. The molecule has 2 aliphatic heterocycles. The molecule has 1 unspecified atom stereocenters. The van der Waals surface area contributed by atoms with Gasteiger partial charge in [0.15, 0.2) is 11.5 Å². The van der Waals surface area contributed by atoms with Crippen molar-refractivity contribution in [2.75, 3.05) is 44.7 Å². The molecule has 0 aliphatic carbocycles. The zero-order valence-corrected chi connectivity index (χ0v) is 21.2. The van der Waals surface area contributed by atoms with E-state index < -0.39 is 11.7 Å². The highest BCUT2D eigenvalue weighted by atomic mass is 35.5. The molecule has 0 radical (unpaired) electrons. The summed E-state index contributed by atoms with van der Waals surface area (Å²) in [5.41, 5.74) is 2.75. The molecule has 0 saturated heterocycles. The van der Waals surface area contributed by atoms with Gasteiger partial charge in [0.05, 0.1) is 23.6 Å². The fourth-order valence-corrected chi connectivity index (χ4v) is 4.52. The van der Waals surface area contributed by atoms with Crippen molar-refractivity contribution < 1.29 is 23.5 Å². The number of carbonyl (C=O) groups is 2. The monoisotopic (exact) mass is 522 g/mol. The second kappa shape index (κ2) is 9.84. The summed E-state index contributed by atoms with van der Waals surface area (Å²) in [6, 6.07) is 14.8. The summed E-state index contributed by atoms with van der Waals surface area (Å²) in [5, 5.41) is 3.35. The number of ether oxygens (including phenoxy) is 2. The van der Waals surface area contributed by atoms with Gasteiger partial charge >= 0.3 is 0 Å². The highest BCUT2D eigenvalue weighted by Gasteiger charge is 2.36. The van der Waals surface area contributed by atoms with E-state index in [4.69, 9.17) is 26.1 Å². The Bertz CT molecular complexity index is 1440. The highest BCUT2D eigenvalue weighted by molar-refractivity contribution is 6.31. The van der Waals surface area contributed by atoms with Gasteiger partial charge < -0.3 is 24.6 Å². The quantitative estimate of drug-likeness (QED) is 0.479. The zero-order valence-electron chi connectivity index (χ0n) is 20.4. The molecule has 3 aromatic carbocycles. The predicted octanol–water partition coefficient (Wildman–Crippen LogP) is 4.59. The van der Waals surface area contributed by atoms with Crippen molar-refractivity contribution in [1.82, 2.24) is 4.90 Å². The molecule has 5 rings (SSSR count). The summed E-state index contributed by atoms with van der Waals surface area (Å²) in [4.78, 5) is 33.3. The van der Waals surface area contributed by atoms with E-state index >= 15 is 4.39 Å². The van der Waals surface area contributed by atoms with E-state index in [2.05, 4.69) is 5.32 Å². The fourth-order valence-electron chi connectivity index (χ4n) is 4.35. The lowest BCUT2D eigenvalue weighted by atomic mass is 9.90. The van der Waals surface area contributed by atoms with Crippen LogP contribution in [0.15, 0.2) is 59.6 Å². The first-order chi connectivity index (χ1) is 17.7. The molecule has 2 aliphatic rings. The number of aliphatic imine (C=N–C) groups is 1. The second-order valence-electron chi connectivity index (χ2n) is 9.05. The molecule has 3 aromatic rings. The van der Waals surface area contributed by atoms with Crippen LogP contribution < -0.4 is 19.7 Å². The third-order valence-electron chi connectivity index (χ3n) is 6.16. The minimum atomic E-state index is -0.764. The molecular weight excluding hydrogens is 499 g/mol. The van der Waals surface area contributed by atoms with Crippen LogP contribution in [0.1, 0.15) is 17.0 Å². The first-order valence-electron chi connectivity index (χ1n) is 11.5. The summed E-state index contributed by atoms with van der Waals surface area (Å²) in [7, 11) is 5.06. The first-order valence-corrected chi connectivity index (χ1v) is 11.9. The van der Waals surface area contributed by atoms with Gasteiger partial charge in [-0.2, -0.15) is 0 Å². The molecule has 0 bridgehead atoms. The molecule has 2 amide bonds. The Hall–Kier alpha value is -3.95. The number of anilines is 2. The van der Waals surface area contributed by atoms with Crippen LogP contribution in [0.3, 0.4) is 0 Å². The Labute approximate surface area is 218 Å². The van der Waals surface area contributed by atoms with Gasteiger partial charge in [-0.25, -0.2) is 4.39 Å². The second-order valence-corrected chi connectivity index (χ2v) is 9.48. The molecule has 190 valence electrons. The van der Waals surface area contributed by atoms with Gasteiger partial charge in [-0.3, -0.25) is 14.6 Å². The van der Waals surface area contributed by atoms with Crippen LogP contribution in [0.25, 0.3) is 0 Å². The van der Waals surface area contributed by atoms with Crippen molar-refractivity contribution in [3.63, 3.8) is 0 Å². The number of halogens is 2. The number of hydrogen-bond acceptors (Lipinski definition) is 6. The van der Waals surface area contributed by atoms with Crippen LogP contribution in [-0.4, -0.2) is 56.9 Å². The minimum Gasteiger partial charge on any atom is -0.454 e. The number of carbonyl (C=O) groups excluding carboxylic acids is 2. The minimum absolute atomic E-state index is 0.100. The topological polar surface area (TPSA) is 83.5 Å². The van der Waals surface area contributed by atoms with Gasteiger partial charge in [-0.05, 0) is 62.1 Å². The van der Waals surface area contributed by atoms with Crippen LogP contribution in [-0.2, 0) is 9.59 Å². The van der Waals surface area contributed by atoms with Crippen molar-refractivity contribution in [1.29, 1.82) is 0 Å². The van der Waals surface area contributed by atoms with Crippen molar-refractivity contribution >= 4 is 46.2 Å². The van der Waals surface area contributed by atoms with Crippen LogP contribution >= 0.6 is 11.6 Å². The Kier molecular flexibility index (Phi) is 6.57. The maximum Gasteiger partial charge on any atom is 0.240 e. The van der Waals surface area contributed by atoms with Crippen LogP contribution in [0.4, 0.5) is 21.5 Å². The molecule has 0 aromatic heterocycles.